The number of benzene rings is 2. The summed E-state index contributed by atoms with van der Waals surface area (Å²) in [6, 6.07) is 13.7. The molecule has 0 spiro atoms. The highest BCUT2D eigenvalue weighted by Crippen LogP contribution is 2.22. The molecule has 0 saturated heterocycles. The summed E-state index contributed by atoms with van der Waals surface area (Å²) in [4.78, 5) is 21.3. The number of carbonyl (C=O) groups is 1. The molecule has 0 aliphatic heterocycles. The van der Waals surface area contributed by atoms with Crippen LogP contribution in [-0.4, -0.2) is 10.8 Å². The van der Waals surface area contributed by atoms with Gasteiger partial charge in [0.1, 0.15) is 0 Å². The minimum Gasteiger partial charge on any atom is -0.379 e. The number of anilines is 2. The molecule has 2 aromatic carbocycles. The molecular weight excluding hydrogens is 270 g/mol. The molecule has 21 heavy (non-hydrogen) atoms. The van der Waals surface area contributed by atoms with E-state index in [1.54, 1.807) is 18.2 Å². The van der Waals surface area contributed by atoms with Gasteiger partial charge in [-0.1, -0.05) is 24.3 Å². The van der Waals surface area contributed by atoms with Gasteiger partial charge in [-0.05, 0) is 17.7 Å². The number of hydrogen-bond acceptors (Lipinski definition) is 4. The first-order valence-electron chi connectivity index (χ1n) is 6.40. The Balaban J connectivity index is 2.06. The quantitative estimate of drug-likeness (QED) is 0.652. The van der Waals surface area contributed by atoms with Crippen LogP contribution in [0.25, 0.3) is 0 Å². The third-order valence-electron chi connectivity index (χ3n) is 2.87. The van der Waals surface area contributed by atoms with E-state index in [0.717, 1.165) is 11.3 Å². The normalized spacial score (nSPS) is 9.95. The van der Waals surface area contributed by atoms with Gasteiger partial charge >= 0.3 is 0 Å². The van der Waals surface area contributed by atoms with E-state index in [-0.39, 0.29) is 11.6 Å². The zero-order chi connectivity index (χ0) is 15.2. The second kappa shape index (κ2) is 6.51. The van der Waals surface area contributed by atoms with Crippen molar-refractivity contribution in [1.82, 2.24) is 0 Å². The topological polar surface area (TPSA) is 84.3 Å². The molecule has 0 saturated carbocycles. The van der Waals surface area contributed by atoms with Crippen LogP contribution in [0.15, 0.2) is 48.5 Å². The number of non-ortho nitro benzene ring substituents is 1. The molecule has 2 rings (SSSR count). The van der Waals surface area contributed by atoms with Crippen molar-refractivity contribution in [1.29, 1.82) is 0 Å². The van der Waals surface area contributed by atoms with Crippen LogP contribution in [0.5, 0.6) is 0 Å². The second-order valence-corrected chi connectivity index (χ2v) is 4.50. The molecule has 0 heterocycles. The Morgan fingerprint density at radius 1 is 1.10 bits per heavy atom. The van der Waals surface area contributed by atoms with E-state index >= 15 is 0 Å². The number of amides is 1. The molecular formula is C15H15N3O3. The summed E-state index contributed by atoms with van der Waals surface area (Å²) in [6.45, 7) is 1.96. The van der Waals surface area contributed by atoms with Crippen LogP contribution in [0.1, 0.15) is 12.5 Å². The van der Waals surface area contributed by atoms with Gasteiger partial charge in [0.2, 0.25) is 5.91 Å². The van der Waals surface area contributed by atoms with Crippen molar-refractivity contribution in [3.8, 4) is 0 Å². The van der Waals surface area contributed by atoms with Crippen molar-refractivity contribution in [2.45, 2.75) is 13.5 Å². The van der Waals surface area contributed by atoms with Gasteiger partial charge in [0, 0.05) is 25.6 Å². The first-order valence-corrected chi connectivity index (χ1v) is 6.40. The SMILES string of the molecule is CC(=O)Nc1ccccc1NCc1ccc([N+](=O)[O-])cc1. The number of nitro benzene ring substituents is 1. The van der Waals surface area contributed by atoms with Crippen LogP contribution in [0.4, 0.5) is 17.1 Å². The molecule has 0 aliphatic carbocycles. The molecule has 0 radical (unpaired) electrons. The zero-order valence-corrected chi connectivity index (χ0v) is 11.5. The monoisotopic (exact) mass is 285 g/mol. The number of rotatable bonds is 5. The molecule has 0 atom stereocenters. The van der Waals surface area contributed by atoms with E-state index in [2.05, 4.69) is 10.6 Å². The highest BCUT2D eigenvalue weighted by molar-refractivity contribution is 5.92. The zero-order valence-electron chi connectivity index (χ0n) is 11.5. The molecule has 6 heteroatoms. The fourth-order valence-corrected chi connectivity index (χ4v) is 1.87. The van der Waals surface area contributed by atoms with E-state index in [0.29, 0.717) is 12.2 Å². The maximum atomic E-state index is 11.1. The van der Waals surface area contributed by atoms with E-state index in [9.17, 15) is 14.9 Å². The van der Waals surface area contributed by atoms with Crippen molar-refractivity contribution in [3.63, 3.8) is 0 Å². The molecule has 0 aliphatic rings. The predicted molar refractivity (Wildman–Crippen MR) is 81.2 cm³/mol. The van der Waals surface area contributed by atoms with Crippen LogP contribution in [-0.2, 0) is 11.3 Å². The van der Waals surface area contributed by atoms with Gasteiger partial charge in [0.25, 0.3) is 5.69 Å². The fourth-order valence-electron chi connectivity index (χ4n) is 1.87. The van der Waals surface area contributed by atoms with Crippen LogP contribution in [0, 0.1) is 10.1 Å². The lowest BCUT2D eigenvalue weighted by molar-refractivity contribution is -0.384. The molecule has 108 valence electrons. The third kappa shape index (κ3) is 4.04. The Morgan fingerprint density at radius 3 is 2.29 bits per heavy atom. The molecule has 0 fully saturated rings. The van der Waals surface area contributed by atoms with E-state index in [1.165, 1.54) is 19.1 Å². The summed E-state index contributed by atoms with van der Waals surface area (Å²) >= 11 is 0. The number of nitro groups is 1. The van der Waals surface area contributed by atoms with Gasteiger partial charge < -0.3 is 10.6 Å². The summed E-state index contributed by atoms with van der Waals surface area (Å²) in [5.41, 5.74) is 2.48. The van der Waals surface area contributed by atoms with Crippen LogP contribution in [0.2, 0.25) is 0 Å². The van der Waals surface area contributed by atoms with Crippen LogP contribution < -0.4 is 10.6 Å². The highest BCUT2D eigenvalue weighted by atomic mass is 16.6. The Kier molecular flexibility index (Phi) is 4.50. The first-order chi connectivity index (χ1) is 10.1. The summed E-state index contributed by atoms with van der Waals surface area (Å²) in [6.07, 6.45) is 0. The Bertz CT molecular complexity index is 653. The molecule has 0 unspecified atom stereocenters. The summed E-state index contributed by atoms with van der Waals surface area (Å²) < 4.78 is 0. The molecule has 2 aromatic rings. The lowest BCUT2D eigenvalue weighted by Gasteiger charge is -2.12. The molecule has 2 N–H and O–H groups in total. The van der Waals surface area contributed by atoms with Gasteiger partial charge in [-0.2, -0.15) is 0 Å². The van der Waals surface area contributed by atoms with Gasteiger partial charge in [-0.15, -0.1) is 0 Å². The maximum Gasteiger partial charge on any atom is 0.269 e. The van der Waals surface area contributed by atoms with Crippen molar-refractivity contribution < 1.29 is 9.72 Å². The van der Waals surface area contributed by atoms with E-state index < -0.39 is 4.92 Å². The summed E-state index contributed by atoms with van der Waals surface area (Å²) in [5.74, 6) is -0.139. The lowest BCUT2D eigenvalue weighted by Crippen LogP contribution is -2.09. The van der Waals surface area contributed by atoms with Gasteiger partial charge in [0.05, 0.1) is 16.3 Å². The predicted octanol–water partition coefficient (Wildman–Crippen LogP) is 3.17. The van der Waals surface area contributed by atoms with Crippen LogP contribution in [0.3, 0.4) is 0 Å². The summed E-state index contributed by atoms with van der Waals surface area (Å²) in [5, 5.41) is 16.5. The average molecular weight is 285 g/mol. The minimum atomic E-state index is -0.427. The number of nitrogens with zero attached hydrogens (tertiary/aromatic N) is 1. The van der Waals surface area contributed by atoms with Crippen molar-refractivity contribution in [2.24, 2.45) is 0 Å². The lowest BCUT2D eigenvalue weighted by atomic mass is 10.2. The molecule has 6 nitrogen and oxygen atoms in total. The van der Waals surface area contributed by atoms with Gasteiger partial charge in [-0.3, -0.25) is 14.9 Å². The summed E-state index contributed by atoms with van der Waals surface area (Å²) in [7, 11) is 0. The molecule has 0 bridgehead atoms. The number of carbonyl (C=O) groups excluding carboxylic acids is 1. The third-order valence-corrected chi connectivity index (χ3v) is 2.87. The second-order valence-electron chi connectivity index (χ2n) is 4.50. The van der Waals surface area contributed by atoms with Crippen molar-refractivity contribution >= 4 is 23.0 Å². The Labute approximate surface area is 121 Å². The van der Waals surface area contributed by atoms with Gasteiger partial charge in [-0.25, -0.2) is 0 Å². The molecule has 1 amide bonds. The largest absolute Gasteiger partial charge is 0.379 e. The van der Waals surface area contributed by atoms with E-state index in [4.69, 9.17) is 0 Å². The standard InChI is InChI=1S/C15H15N3O3/c1-11(19)17-15-5-3-2-4-14(15)16-10-12-6-8-13(9-7-12)18(20)21/h2-9,16H,10H2,1H3,(H,17,19). The van der Waals surface area contributed by atoms with Crippen LogP contribution >= 0.6 is 0 Å². The van der Waals surface area contributed by atoms with E-state index in [1.807, 2.05) is 18.2 Å². The van der Waals surface area contributed by atoms with Crippen molar-refractivity contribution in [3.05, 3.63) is 64.2 Å². The average Bonchev–Trinajstić information content (AvgIpc) is 2.46. The van der Waals surface area contributed by atoms with Crippen molar-refractivity contribution in [2.75, 3.05) is 10.6 Å². The van der Waals surface area contributed by atoms with Gasteiger partial charge in [0.15, 0.2) is 0 Å². The first kappa shape index (κ1) is 14.5. The Morgan fingerprint density at radius 2 is 1.71 bits per heavy atom. The number of nitrogens with one attached hydrogen (secondary N) is 2. The number of para-hydroxylation sites is 2. The Hall–Kier alpha value is -2.89. The smallest absolute Gasteiger partial charge is 0.269 e. The maximum absolute atomic E-state index is 11.1. The fraction of sp³-hybridized carbons (Fsp3) is 0.133. The highest BCUT2D eigenvalue weighted by Gasteiger charge is 2.05. The minimum absolute atomic E-state index is 0.0670. The number of hydrogen-bond donors (Lipinski definition) is 2. The molecule has 0 aromatic heterocycles.